The van der Waals surface area contributed by atoms with Gasteiger partial charge in [-0.15, -0.1) is 0 Å². The number of amides is 1. The predicted molar refractivity (Wildman–Crippen MR) is 79.1 cm³/mol. The van der Waals surface area contributed by atoms with Crippen LogP contribution >= 0.6 is 11.6 Å². The average Bonchev–Trinajstić information content (AvgIpc) is 2.46. The van der Waals surface area contributed by atoms with Crippen molar-refractivity contribution in [1.29, 1.82) is 0 Å². The van der Waals surface area contributed by atoms with Crippen LogP contribution in [0.15, 0.2) is 59.7 Å². The van der Waals surface area contributed by atoms with Gasteiger partial charge < -0.3 is 4.74 Å². The molecule has 0 aliphatic carbocycles. The molecule has 102 valence electrons. The fourth-order valence-corrected chi connectivity index (χ4v) is 1.64. The first-order valence-corrected chi connectivity index (χ1v) is 6.37. The second-order valence-electron chi connectivity index (χ2n) is 3.95. The maximum atomic E-state index is 11.5. The molecule has 0 saturated carbocycles. The van der Waals surface area contributed by atoms with Gasteiger partial charge in [-0.3, -0.25) is 4.79 Å². The first kappa shape index (κ1) is 14.1. The number of carbonyl (C=O) groups excluding carboxylic acids is 1. The summed E-state index contributed by atoms with van der Waals surface area (Å²) < 4.78 is 5.28. The minimum absolute atomic E-state index is 0.119. The van der Waals surface area contributed by atoms with E-state index in [0.29, 0.717) is 10.8 Å². The molecular formula is C15H13ClN2O2. The van der Waals surface area contributed by atoms with E-state index < -0.39 is 0 Å². The Morgan fingerprint density at radius 2 is 2.00 bits per heavy atom. The van der Waals surface area contributed by atoms with Gasteiger partial charge in [0, 0.05) is 5.02 Å². The maximum Gasteiger partial charge on any atom is 0.277 e. The van der Waals surface area contributed by atoms with E-state index in [-0.39, 0.29) is 12.5 Å². The highest BCUT2D eigenvalue weighted by Gasteiger charge is 2.01. The van der Waals surface area contributed by atoms with Crippen molar-refractivity contribution in [2.75, 3.05) is 6.61 Å². The Balaban J connectivity index is 1.77. The summed E-state index contributed by atoms with van der Waals surface area (Å²) in [5.41, 5.74) is 3.29. The molecule has 0 bridgehead atoms. The lowest BCUT2D eigenvalue weighted by Gasteiger charge is -2.04. The van der Waals surface area contributed by atoms with Gasteiger partial charge in [-0.2, -0.15) is 5.10 Å². The molecule has 1 amide bonds. The molecule has 0 atom stereocenters. The minimum atomic E-state index is -0.336. The van der Waals surface area contributed by atoms with E-state index in [2.05, 4.69) is 10.5 Å². The number of hydrogen-bond donors (Lipinski definition) is 1. The lowest BCUT2D eigenvalue weighted by molar-refractivity contribution is -0.123. The van der Waals surface area contributed by atoms with Gasteiger partial charge in [0.05, 0.1) is 6.21 Å². The van der Waals surface area contributed by atoms with E-state index in [4.69, 9.17) is 16.3 Å². The molecule has 0 spiro atoms. The summed E-state index contributed by atoms with van der Waals surface area (Å²) in [5, 5.41) is 4.40. The summed E-state index contributed by atoms with van der Waals surface area (Å²) in [7, 11) is 0. The Kier molecular flexibility index (Phi) is 5.15. The van der Waals surface area contributed by atoms with Crippen LogP contribution in [0.3, 0.4) is 0 Å². The molecule has 2 aromatic rings. The van der Waals surface area contributed by atoms with E-state index in [1.54, 1.807) is 30.5 Å². The first-order valence-electron chi connectivity index (χ1n) is 5.99. The van der Waals surface area contributed by atoms with E-state index in [1.165, 1.54) is 0 Å². The van der Waals surface area contributed by atoms with E-state index >= 15 is 0 Å². The van der Waals surface area contributed by atoms with Crippen molar-refractivity contribution < 1.29 is 9.53 Å². The van der Waals surface area contributed by atoms with Gasteiger partial charge in [0.2, 0.25) is 0 Å². The van der Waals surface area contributed by atoms with Crippen LogP contribution < -0.4 is 10.2 Å². The molecule has 4 nitrogen and oxygen atoms in total. The fraction of sp³-hybridized carbons (Fsp3) is 0.0667. The Bertz CT molecular complexity index is 600. The average molecular weight is 289 g/mol. The van der Waals surface area contributed by atoms with Crippen LogP contribution in [0.25, 0.3) is 0 Å². The second-order valence-corrected chi connectivity index (χ2v) is 4.39. The molecule has 2 rings (SSSR count). The van der Waals surface area contributed by atoms with Gasteiger partial charge in [0.15, 0.2) is 6.61 Å². The van der Waals surface area contributed by atoms with Crippen LogP contribution in [0.1, 0.15) is 5.56 Å². The molecule has 0 unspecified atom stereocenters. The zero-order valence-corrected chi connectivity index (χ0v) is 11.4. The Labute approximate surface area is 122 Å². The third-order valence-electron chi connectivity index (χ3n) is 2.37. The van der Waals surface area contributed by atoms with Crippen LogP contribution in [0.5, 0.6) is 5.75 Å². The number of halogens is 1. The highest BCUT2D eigenvalue weighted by molar-refractivity contribution is 6.30. The molecule has 20 heavy (non-hydrogen) atoms. The monoisotopic (exact) mass is 288 g/mol. The second kappa shape index (κ2) is 7.31. The summed E-state index contributed by atoms with van der Waals surface area (Å²) in [4.78, 5) is 11.5. The molecule has 5 heteroatoms. The highest BCUT2D eigenvalue weighted by Crippen LogP contribution is 2.16. The summed E-state index contributed by atoms with van der Waals surface area (Å²) >= 11 is 5.81. The van der Waals surface area contributed by atoms with Gasteiger partial charge in [0.1, 0.15) is 5.75 Å². The van der Waals surface area contributed by atoms with E-state index in [9.17, 15) is 4.79 Å². The number of nitrogens with one attached hydrogen (secondary N) is 1. The maximum absolute atomic E-state index is 11.5. The smallest absolute Gasteiger partial charge is 0.277 e. The lowest BCUT2D eigenvalue weighted by Crippen LogP contribution is -2.24. The number of nitrogens with zero attached hydrogens (tertiary/aromatic N) is 1. The van der Waals surface area contributed by atoms with Crippen molar-refractivity contribution in [1.82, 2.24) is 5.43 Å². The van der Waals surface area contributed by atoms with Crippen molar-refractivity contribution >= 4 is 23.7 Å². The van der Waals surface area contributed by atoms with Gasteiger partial charge in [-0.25, -0.2) is 5.43 Å². The highest BCUT2D eigenvalue weighted by atomic mass is 35.5. The van der Waals surface area contributed by atoms with Crippen LogP contribution in [-0.2, 0) is 4.79 Å². The van der Waals surface area contributed by atoms with Crippen molar-refractivity contribution in [3.05, 3.63) is 65.2 Å². The van der Waals surface area contributed by atoms with Gasteiger partial charge in [-0.05, 0) is 23.8 Å². The molecule has 0 aromatic heterocycles. The number of hydrogen-bond acceptors (Lipinski definition) is 3. The number of benzene rings is 2. The number of rotatable bonds is 5. The zero-order valence-electron chi connectivity index (χ0n) is 10.6. The van der Waals surface area contributed by atoms with Gasteiger partial charge in [0.25, 0.3) is 5.91 Å². The SMILES string of the molecule is O=C(COc1cccc(Cl)c1)N/N=C/c1ccccc1. The van der Waals surface area contributed by atoms with Crippen molar-refractivity contribution in [2.45, 2.75) is 0 Å². The third-order valence-corrected chi connectivity index (χ3v) is 2.60. The largest absolute Gasteiger partial charge is 0.484 e. The molecule has 0 aliphatic rings. The van der Waals surface area contributed by atoms with Crippen molar-refractivity contribution in [2.24, 2.45) is 5.10 Å². The molecule has 1 N–H and O–H groups in total. The fourth-order valence-electron chi connectivity index (χ4n) is 1.46. The van der Waals surface area contributed by atoms with Crippen molar-refractivity contribution in [3.8, 4) is 5.75 Å². The lowest BCUT2D eigenvalue weighted by atomic mass is 10.2. The van der Waals surface area contributed by atoms with Crippen LogP contribution in [0.2, 0.25) is 5.02 Å². The first-order chi connectivity index (χ1) is 9.74. The van der Waals surface area contributed by atoms with Gasteiger partial charge in [-0.1, -0.05) is 48.0 Å². The normalized spacial score (nSPS) is 10.4. The zero-order chi connectivity index (χ0) is 14.2. The molecule has 0 radical (unpaired) electrons. The molecular weight excluding hydrogens is 276 g/mol. The quantitative estimate of drug-likeness (QED) is 0.679. The van der Waals surface area contributed by atoms with Crippen LogP contribution in [0, 0.1) is 0 Å². The topological polar surface area (TPSA) is 50.7 Å². The van der Waals surface area contributed by atoms with E-state index in [0.717, 1.165) is 5.56 Å². The summed E-state index contributed by atoms with van der Waals surface area (Å²) in [5.74, 6) is 0.205. The Hall–Kier alpha value is -2.33. The van der Waals surface area contributed by atoms with Crippen molar-refractivity contribution in [3.63, 3.8) is 0 Å². The Morgan fingerprint density at radius 3 is 2.75 bits per heavy atom. The Morgan fingerprint density at radius 1 is 1.20 bits per heavy atom. The number of ether oxygens (including phenoxy) is 1. The molecule has 2 aromatic carbocycles. The standard InChI is InChI=1S/C15H13ClN2O2/c16-13-7-4-8-14(9-13)20-11-15(19)18-17-10-12-5-2-1-3-6-12/h1-10H,11H2,(H,18,19)/b17-10+. The number of carbonyl (C=O) groups is 1. The van der Waals surface area contributed by atoms with E-state index in [1.807, 2.05) is 30.3 Å². The minimum Gasteiger partial charge on any atom is -0.484 e. The molecule has 0 aliphatic heterocycles. The van der Waals surface area contributed by atoms with Crippen LogP contribution in [-0.4, -0.2) is 18.7 Å². The molecule has 0 fully saturated rings. The molecule has 0 heterocycles. The van der Waals surface area contributed by atoms with Gasteiger partial charge >= 0.3 is 0 Å². The van der Waals surface area contributed by atoms with Crippen LogP contribution in [0.4, 0.5) is 0 Å². The predicted octanol–water partition coefficient (Wildman–Crippen LogP) is 2.87. The third kappa shape index (κ3) is 4.74. The summed E-state index contributed by atoms with van der Waals surface area (Å²) in [6, 6.07) is 16.3. The molecule has 0 saturated heterocycles. The summed E-state index contributed by atoms with van der Waals surface area (Å²) in [6.07, 6.45) is 1.57. The summed E-state index contributed by atoms with van der Waals surface area (Å²) in [6.45, 7) is -0.119. The number of hydrazone groups is 1.